The minimum absolute atomic E-state index is 0.0997. The molecule has 2 heterocycles. The molecule has 3 aromatic carbocycles. The highest BCUT2D eigenvalue weighted by Gasteiger charge is 2.42. The Morgan fingerprint density at radius 2 is 1.65 bits per heavy atom. The van der Waals surface area contributed by atoms with Gasteiger partial charge in [0.05, 0.1) is 37.8 Å². The summed E-state index contributed by atoms with van der Waals surface area (Å²) in [4.78, 5) is 29.6. The second-order valence-corrected chi connectivity index (χ2v) is 10.2. The molecule has 5 rings (SSSR count). The Labute approximate surface area is 234 Å². The number of amides is 1. The second-order valence-electron chi connectivity index (χ2n) is 10.2. The predicted molar refractivity (Wildman–Crippen MR) is 155 cm³/mol. The number of hydrogen-bond donors (Lipinski definition) is 0. The number of rotatable bonds is 10. The summed E-state index contributed by atoms with van der Waals surface area (Å²) in [6.07, 6.45) is 2.55. The zero-order valence-electron chi connectivity index (χ0n) is 23.7. The van der Waals surface area contributed by atoms with Gasteiger partial charge >= 0.3 is 0 Å². The molecule has 0 spiro atoms. The Hall–Kier alpha value is -4.26. The van der Waals surface area contributed by atoms with E-state index in [1.165, 1.54) is 0 Å². The topological polar surface area (TPSA) is 78.2 Å². The van der Waals surface area contributed by atoms with Gasteiger partial charge in [-0.05, 0) is 85.3 Å². The molecule has 208 valence electrons. The van der Waals surface area contributed by atoms with Gasteiger partial charge in [0.2, 0.25) is 5.76 Å². The van der Waals surface area contributed by atoms with Crippen LogP contribution in [0.1, 0.15) is 64.2 Å². The minimum Gasteiger partial charge on any atom is -0.497 e. The second kappa shape index (κ2) is 11.5. The molecule has 1 aliphatic heterocycles. The minimum atomic E-state index is -0.624. The van der Waals surface area contributed by atoms with Gasteiger partial charge in [0.1, 0.15) is 11.3 Å². The van der Waals surface area contributed by atoms with E-state index in [4.69, 9.17) is 18.6 Å². The summed E-state index contributed by atoms with van der Waals surface area (Å²) in [7, 11) is 3.22. The van der Waals surface area contributed by atoms with Crippen LogP contribution in [0.15, 0.2) is 63.8 Å². The molecule has 7 nitrogen and oxygen atoms in total. The van der Waals surface area contributed by atoms with E-state index in [-0.39, 0.29) is 17.1 Å². The highest BCUT2D eigenvalue weighted by molar-refractivity contribution is 5.99. The van der Waals surface area contributed by atoms with Crippen molar-refractivity contribution >= 4 is 16.9 Å². The van der Waals surface area contributed by atoms with Gasteiger partial charge in [-0.3, -0.25) is 9.59 Å². The van der Waals surface area contributed by atoms with Crippen LogP contribution in [0, 0.1) is 13.8 Å². The molecular formula is C33H35NO6. The van der Waals surface area contributed by atoms with Crippen molar-refractivity contribution in [2.45, 2.75) is 46.1 Å². The molecule has 0 saturated carbocycles. The van der Waals surface area contributed by atoms with Crippen LogP contribution in [-0.2, 0) is 6.42 Å². The largest absolute Gasteiger partial charge is 0.497 e. The molecule has 1 unspecified atom stereocenters. The van der Waals surface area contributed by atoms with Crippen molar-refractivity contribution in [3.05, 3.63) is 98.4 Å². The van der Waals surface area contributed by atoms with Gasteiger partial charge in [-0.2, -0.15) is 0 Å². The summed E-state index contributed by atoms with van der Waals surface area (Å²) in [5.74, 6) is 1.76. The summed E-state index contributed by atoms with van der Waals surface area (Å²) < 4.78 is 23.1. The summed E-state index contributed by atoms with van der Waals surface area (Å²) in [5.41, 5.74) is 4.40. The lowest BCUT2D eigenvalue weighted by molar-refractivity contribution is 0.0730. The quantitative estimate of drug-likeness (QED) is 0.216. The van der Waals surface area contributed by atoms with Gasteiger partial charge in [-0.25, -0.2) is 0 Å². The fourth-order valence-electron chi connectivity index (χ4n) is 5.19. The van der Waals surface area contributed by atoms with Crippen molar-refractivity contribution in [3.8, 4) is 17.2 Å². The van der Waals surface area contributed by atoms with E-state index in [0.717, 1.165) is 40.8 Å². The first-order chi connectivity index (χ1) is 19.4. The Kier molecular flexibility index (Phi) is 7.83. The molecule has 7 heteroatoms. The number of hydrogen-bond acceptors (Lipinski definition) is 6. The highest BCUT2D eigenvalue weighted by atomic mass is 16.5. The molecule has 1 amide bonds. The maximum absolute atomic E-state index is 14.0. The van der Waals surface area contributed by atoms with Crippen LogP contribution in [0.3, 0.4) is 0 Å². The van der Waals surface area contributed by atoms with Crippen LogP contribution in [0.2, 0.25) is 0 Å². The number of fused-ring (bicyclic) bond motifs is 2. The third kappa shape index (κ3) is 5.04. The first kappa shape index (κ1) is 27.3. The molecule has 40 heavy (non-hydrogen) atoms. The van der Waals surface area contributed by atoms with Gasteiger partial charge in [0.15, 0.2) is 16.9 Å². The number of methoxy groups -OCH3 is 2. The highest BCUT2D eigenvalue weighted by Crippen LogP contribution is 2.41. The number of aryl methyl sites for hydroxylation is 2. The zero-order valence-corrected chi connectivity index (χ0v) is 23.7. The fourth-order valence-corrected chi connectivity index (χ4v) is 5.19. The van der Waals surface area contributed by atoms with Crippen LogP contribution in [0.4, 0.5) is 0 Å². The maximum Gasteiger partial charge on any atom is 0.290 e. The van der Waals surface area contributed by atoms with E-state index < -0.39 is 6.04 Å². The number of ether oxygens (including phenoxy) is 3. The van der Waals surface area contributed by atoms with Crippen molar-refractivity contribution in [3.63, 3.8) is 0 Å². The number of carbonyl (C=O) groups is 1. The Morgan fingerprint density at radius 3 is 2.35 bits per heavy atom. The zero-order chi connectivity index (χ0) is 28.4. The van der Waals surface area contributed by atoms with Crippen molar-refractivity contribution in [2.24, 2.45) is 0 Å². The van der Waals surface area contributed by atoms with E-state index in [2.05, 4.69) is 6.92 Å². The van der Waals surface area contributed by atoms with Crippen LogP contribution < -0.4 is 19.6 Å². The molecule has 0 fully saturated rings. The Bertz CT molecular complexity index is 1600. The number of nitrogens with zero attached hydrogens (tertiary/aromatic N) is 1. The lowest BCUT2D eigenvalue weighted by atomic mass is 9.97. The molecule has 0 radical (unpaired) electrons. The third-order valence-corrected chi connectivity index (χ3v) is 7.64. The maximum atomic E-state index is 14.0. The molecule has 1 aliphatic rings. The van der Waals surface area contributed by atoms with E-state index in [1.807, 2.05) is 68.4 Å². The van der Waals surface area contributed by atoms with Crippen LogP contribution in [0.25, 0.3) is 11.0 Å². The SMILES string of the molecule is CCCCOc1ccc(C2c3c(oc4cc(C)c(C)cc4c3=O)C(=O)N2CCc2ccc(OC)cc2)cc1OC. The molecule has 0 aliphatic carbocycles. The Morgan fingerprint density at radius 1 is 0.900 bits per heavy atom. The first-order valence-electron chi connectivity index (χ1n) is 13.7. The van der Waals surface area contributed by atoms with E-state index in [1.54, 1.807) is 19.1 Å². The van der Waals surface area contributed by atoms with Crippen molar-refractivity contribution in [1.29, 1.82) is 0 Å². The molecular weight excluding hydrogens is 506 g/mol. The first-order valence-corrected chi connectivity index (χ1v) is 13.7. The molecule has 1 aromatic heterocycles. The van der Waals surface area contributed by atoms with Crippen LogP contribution >= 0.6 is 0 Å². The van der Waals surface area contributed by atoms with Gasteiger partial charge < -0.3 is 23.5 Å². The van der Waals surface area contributed by atoms with Gasteiger partial charge in [-0.15, -0.1) is 0 Å². The number of benzene rings is 3. The van der Waals surface area contributed by atoms with Gasteiger partial charge in [0.25, 0.3) is 5.91 Å². The summed E-state index contributed by atoms with van der Waals surface area (Å²) >= 11 is 0. The third-order valence-electron chi connectivity index (χ3n) is 7.64. The van der Waals surface area contributed by atoms with Crippen molar-refractivity contribution < 1.29 is 23.4 Å². The average Bonchev–Trinajstić information content (AvgIpc) is 3.24. The molecule has 0 saturated heterocycles. The lowest BCUT2D eigenvalue weighted by Gasteiger charge is -2.26. The fraction of sp³-hybridized carbons (Fsp3) is 0.333. The Balaban J connectivity index is 1.60. The normalized spacial score (nSPS) is 14.5. The number of carbonyl (C=O) groups excluding carboxylic acids is 1. The van der Waals surface area contributed by atoms with Crippen molar-refractivity contribution in [1.82, 2.24) is 4.90 Å². The van der Waals surface area contributed by atoms with E-state index in [9.17, 15) is 9.59 Å². The standard InChI is InChI=1S/C33H35NO6/c1-6-7-16-39-26-13-10-23(19-28(26)38-5)30-29-31(35)25-17-20(2)21(3)18-27(25)40-32(29)33(36)34(30)15-14-22-8-11-24(37-4)12-9-22/h8-13,17-19,30H,6-7,14-16H2,1-5H3. The molecule has 0 N–H and O–H groups in total. The molecule has 0 bridgehead atoms. The van der Waals surface area contributed by atoms with Crippen molar-refractivity contribution in [2.75, 3.05) is 27.4 Å². The van der Waals surface area contributed by atoms with Crippen LogP contribution in [-0.4, -0.2) is 38.2 Å². The number of unbranched alkanes of at least 4 members (excludes halogenated alkanes) is 1. The summed E-state index contributed by atoms with van der Waals surface area (Å²) in [5, 5.41) is 0.475. The summed E-state index contributed by atoms with van der Waals surface area (Å²) in [6, 6.07) is 16.4. The smallest absolute Gasteiger partial charge is 0.290 e. The van der Waals surface area contributed by atoms with E-state index >= 15 is 0 Å². The summed E-state index contributed by atoms with van der Waals surface area (Å²) in [6.45, 7) is 7.01. The monoisotopic (exact) mass is 541 g/mol. The molecule has 1 atom stereocenters. The van der Waals surface area contributed by atoms with Crippen LogP contribution in [0.5, 0.6) is 17.2 Å². The molecule has 4 aromatic rings. The van der Waals surface area contributed by atoms with Gasteiger partial charge in [-0.1, -0.05) is 31.5 Å². The lowest BCUT2D eigenvalue weighted by Crippen LogP contribution is -2.31. The van der Waals surface area contributed by atoms with E-state index in [0.29, 0.717) is 47.6 Å². The predicted octanol–water partition coefficient (Wildman–Crippen LogP) is 6.39. The average molecular weight is 542 g/mol. The van der Waals surface area contributed by atoms with Gasteiger partial charge in [0, 0.05) is 6.54 Å².